The largest absolute Gasteiger partial charge is 0.462 e. The molecule has 0 aliphatic heterocycles. The molecule has 1 unspecified atom stereocenters. The van der Waals surface area contributed by atoms with Gasteiger partial charge in [-0.3, -0.25) is 9.78 Å². The number of pyridine rings is 1. The van der Waals surface area contributed by atoms with E-state index in [-0.39, 0.29) is 12.2 Å². The van der Waals surface area contributed by atoms with E-state index >= 15 is 0 Å². The molecule has 0 aliphatic rings. The predicted molar refractivity (Wildman–Crippen MR) is 59.3 cm³/mol. The van der Waals surface area contributed by atoms with Crippen LogP contribution in [0, 0.1) is 0 Å². The summed E-state index contributed by atoms with van der Waals surface area (Å²) in [7, 11) is 0. The molecule has 1 amide bonds. The van der Waals surface area contributed by atoms with E-state index in [0.29, 0.717) is 0 Å². The number of halogens is 3. The topological polar surface area (TPSA) is 88.5 Å². The highest BCUT2D eigenvalue weighted by atomic mass is 19.4. The normalized spacial score (nSPS) is 14.2. The van der Waals surface area contributed by atoms with Crippen molar-refractivity contribution in [2.75, 3.05) is 6.61 Å². The number of carbonyl (C=O) groups is 2. The number of alkyl halides is 3. The first-order chi connectivity index (χ1) is 9.22. The number of nitrogens with zero attached hydrogens (tertiary/aromatic N) is 1. The molecule has 1 aromatic rings. The summed E-state index contributed by atoms with van der Waals surface area (Å²) in [6.07, 6.45) is -3.08. The van der Waals surface area contributed by atoms with Gasteiger partial charge < -0.3 is 15.2 Å². The second-order valence-electron chi connectivity index (χ2n) is 3.62. The van der Waals surface area contributed by atoms with Crippen molar-refractivity contribution in [3.05, 3.63) is 30.1 Å². The molecular formula is C11H11F3N2O4. The maximum Gasteiger partial charge on any atom is 0.448 e. The fourth-order valence-corrected chi connectivity index (χ4v) is 1.21. The number of hydrogen-bond donors (Lipinski definition) is 2. The van der Waals surface area contributed by atoms with E-state index in [1.165, 1.54) is 24.6 Å². The lowest BCUT2D eigenvalue weighted by Gasteiger charge is -2.28. The van der Waals surface area contributed by atoms with Gasteiger partial charge in [0.05, 0.1) is 6.61 Å². The highest BCUT2D eigenvalue weighted by Gasteiger charge is 2.62. The summed E-state index contributed by atoms with van der Waals surface area (Å²) in [5, 5.41) is 10.7. The minimum Gasteiger partial charge on any atom is -0.462 e. The molecular weight excluding hydrogens is 281 g/mol. The lowest BCUT2D eigenvalue weighted by atomic mass is 10.1. The van der Waals surface area contributed by atoms with Crippen LogP contribution in [0.2, 0.25) is 0 Å². The Balaban J connectivity index is 3.03. The van der Waals surface area contributed by atoms with E-state index in [1.807, 2.05) is 0 Å². The number of nitrogens with one attached hydrogen (secondary N) is 1. The van der Waals surface area contributed by atoms with E-state index in [4.69, 9.17) is 0 Å². The number of rotatable bonds is 4. The van der Waals surface area contributed by atoms with Crippen LogP contribution < -0.4 is 5.32 Å². The van der Waals surface area contributed by atoms with Gasteiger partial charge in [-0.05, 0) is 19.1 Å². The highest BCUT2D eigenvalue weighted by molar-refractivity contribution is 5.97. The van der Waals surface area contributed by atoms with Gasteiger partial charge in [-0.1, -0.05) is 0 Å². The standard InChI is InChI=1S/C11H11F3N2O4/c1-2-20-9(18)10(19,11(12,13)14)16-8(17)7-3-5-15-6-4-7/h3-6,19H,2H2,1H3,(H,16,17). The van der Waals surface area contributed by atoms with Gasteiger partial charge in [0.25, 0.3) is 5.91 Å². The van der Waals surface area contributed by atoms with E-state index in [0.717, 1.165) is 12.1 Å². The average molecular weight is 292 g/mol. The minimum atomic E-state index is -5.43. The summed E-state index contributed by atoms with van der Waals surface area (Å²) in [6, 6.07) is 2.24. The Morgan fingerprint density at radius 2 is 1.90 bits per heavy atom. The number of amides is 1. The Hall–Kier alpha value is -2.16. The fourth-order valence-electron chi connectivity index (χ4n) is 1.21. The van der Waals surface area contributed by atoms with Gasteiger partial charge in [-0.15, -0.1) is 0 Å². The zero-order valence-electron chi connectivity index (χ0n) is 10.3. The molecule has 0 saturated heterocycles. The molecule has 20 heavy (non-hydrogen) atoms. The lowest BCUT2D eigenvalue weighted by molar-refractivity contribution is -0.269. The van der Waals surface area contributed by atoms with Crippen LogP contribution in [-0.4, -0.2) is 40.5 Å². The van der Waals surface area contributed by atoms with Crippen molar-refractivity contribution >= 4 is 11.9 Å². The third-order valence-corrected chi connectivity index (χ3v) is 2.22. The molecule has 0 aliphatic carbocycles. The van der Waals surface area contributed by atoms with E-state index < -0.39 is 23.8 Å². The van der Waals surface area contributed by atoms with Gasteiger partial charge in [0, 0.05) is 18.0 Å². The predicted octanol–water partition coefficient (Wildman–Crippen LogP) is 0.625. The second-order valence-corrected chi connectivity index (χ2v) is 3.62. The number of aliphatic hydroxyl groups is 1. The first-order valence-electron chi connectivity index (χ1n) is 5.41. The van der Waals surface area contributed by atoms with Crippen LogP contribution in [-0.2, 0) is 9.53 Å². The quantitative estimate of drug-likeness (QED) is 0.627. The Morgan fingerprint density at radius 1 is 1.35 bits per heavy atom. The molecule has 0 aromatic carbocycles. The van der Waals surface area contributed by atoms with E-state index in [1.54, 1.807) is 0 Å². The molecule has 2 N–H and O–H groups in total. The summed E-state index contributed by atoms with van der Waals surface area (Å²) >= 11 is 0. The average Bonchev–Trinajstić information content (AvgIpc) is 2.38. The van der Waals surface area contributed by atoms with Crippen molar-refractivity contribution in [2.45, 2.75) is 18.8 Å². The van der Waals surface area contributed by atoms with Crippen LogP contribution in [0.15, 0.2) is 24.5 Å². The van der Waals surface area contributed by atoms with Gasteiger partial charge >= 0.3 is 17.9 Å². The summed E-state index contributed by atoms with van der Waals surface area (Å²) < 4.78 is 42.5. The number of carbonyl (C=O) groups excluding carboxylic acids is 2. The van der Waals surface area contributed by atoms with Crippen molar-refractivity contribution in [2.24, 2.45) is 0 Å². The first kappa shape index (κ1) is 15.9. The summed E-state index contributed by atoms with van der Waals surface area (Å²) in [5.41, 5.74) is -4.31. The molecule has 1 rings (SSSR count). The molecule has 0 spiro atoms. The molecule has 0 saturated carbocycles. The fraction of sp³-hybridized carbons (Fsp3) is 0.364. The summed E-state index contributed by atoms with van der Waals surface area (Å²) in [6.45, 7) is 0.877. The molecule has 0 fully saturated rings. The maximum absolute atomic E-state index is 12.8. The van der Waals surface area contributed by atoms with Gasteiger partial charge in [-0.2, -0.15) is 13.2 Å². The molecule has 1 aromatic heterocycles. The third kappa shape index (κ3) is 3.23. The molecule has 0 bridgehead atoms. The highest BCUT2D eigenvalue weighted by Crippen LogP contribution is 2.29. The van der Waals surface area contributed by atoms with Gasteiger partial charge in [0.15, 0.2) is 0 Å². The molecule has 110 valence electrons. The molecule has 1 atom stereocenters. The van der Waals surface area contributed by atoms with Gasteiger partial charge in [0.2, 0.25) is 0 Å². The van der Waals surface area contributed by atoms with Crippen molar-refractivity contribution in [1.29, 1.82) is 0 Å². The molecule has 1 heterocycles. The van der Waals surface area contributed by atoms with Gasteiger partial charge in [0.1, 0.15) is 0 Å². The monoisotopic (exact) mass is 292 g/mol. The first-order valence-corrected chi connectivity index (χ1v) is 5.41. The van der Waals surface area contributed by atoms with Crippen LogP contribution in [0.5, 0.6) is 0 Å². The molecule has 0 radical (unpaired) electrons. The van der Waals surface area contributed by atoms with Crippen LogP contribution in [0.4, 0.5) is 13.2 Å². The minimum absolute atomic E-state index is 0.202. The zero-order valence-corrected chi connectivity index (χ0v) is 10.3. The molecule has 9 heteroatoms. The lowest BCUT2D eigenvalue weighted by Crippen LogP contribution is -2.64. The smallest absolute Gasteiger partial charge is 0.448 e. The van der Waals surface area contributed by atoms with E-state index in [2.05, 4.69) is 9.72 Å². The van der Waals surface area contributed by atoms with Crippen LogP contribution in [0.3, 0.4) is 0 Å². The summed E-state index contributed by atoms with van der Waals surface area (Å²) in [4.78, 5) is 26.4. The third-order valence-electron chi connectivity index (χ3n) is 2.22. The van der Waals surface area contributed by atoms with Crippen molar-refractivity contribution in [3.8, 4) is 0 Å². The van der Waals surface area contributed by atoms with E-state index in [9.17, 15) is 27.9 Å². The zero-order chi connectivity index (χ0) is 15.4. The second kappa shape index (κ2) is 5.87. The van der Waals surface area contributed by atoms with Gasteiger partial charge in [-0.25, -0.2) is 4.79 Å². The van der Waals surface area contributed by atoms with Crippen molar-refractivity contribution in [1.82, 2.24) is 10.3 Å². The summed E-state index contributed by atoms with van der Waals surface area (Å²) in [5.74, 6) is -3.30. The van der Waals surface area contributed by atoms with Crippen molar-refractivity contribution in [3.63, 3.8) is 0 Å². The van der Waals surface area contributed by atoms with Crippen LogP contribution in [0.25, 0.3) is 0 Å². The maximum atomic E-state index is 12.8. The number of aromatic nitrogens is 1. The van der Waals surface area contributed by atoms with Crippen LogP contribution in [0.1, 0.15) is 17.3 Å². The van der Waals surface area contributed by atoms with Crippen molar-refractivity contribution < 1.29 is 32.6 Å². The molecule has 6 nitrogen and oxygen atoms in total. The Labute approximate surface area is 111 Å². The number of esters is 1. The SMILES string of the molecule is CCOC(=O)C(O)(NC(=O)c1ccncc1)C(F)(F)F. The Morgan fingerprint density at radius 3 is 2.35 bits per heavy atom. The number of hydrogen-bond acceptors (Lipinski definition) is 5. The van der Waals surface area contributed by atoms with Crippen LogP contribution >= 0.6 is 0 Å². The Kier molecular flexibility index (Phi) is 4.66. The Bertz CT molecular complexity index is 492. The number of ether oxygens (including phenoxy) is 1.